The minimum atomic E-state index is -1.68. The molecule has 0 fully saturated rings. The van der Waals surface area contributed by atoms with Gasteiger partial charge in [0.05, 0.1) is 13.5 Å². The molecule has 0 saturated heterocycles. The second kappa shape index (κ2) is 18.8. The van der Waals surface area contributed by atoms with Crippen LogP contribution in [0, 0.1) is 0 Å². The lowest BCUT2D eigenvalue weighted by molar-refractivity contribution is -0.141. The standard InChI is InChI=1S/C43H48N6O9/c1-43(2,3)58-42(56)49-35(22-29-24-45-32-12-8-7-11-31(29)32)40(54)47-34(21-26-13-16-27-9-5-6-10-28(27)19-26)39(53)48-36(23-37(50)51)41(55)46-33(38(44)52)20-25-14-17-30(57-4)18-15-25/h5-19,24,33-36,45H,20-23H2,1-4H3,(H2,44,52)(H,46,55)(H,47,54)(H,48,53)(H,49,56)(H,50,51)/t33-,34+,35-,36+/m0/s1. The fourth-order valence-corrected chi connectivity index (χ4v) is 6.41. The molecule has 0 aliphatic rings. The number of primary amides is 1. The van der Waals surface area contributed by atoms with Crippen LogP contribution in [-0.4, -0.2) is 82.7 Å². The van der Waals surface area contributed by atoms with Gasteiger partial charge in [0.15, 0.2) is 0 Å². The lowest BCUT2D eigenvalue weighted by Crippen LogP contribution is -2.59. The Bertz CT molecular complexity index is 2280. The fraction of sp³-hybridized carbons (Fsp3) is 0.302. The molecule has 1 heterocycles. The molecule has 0 aliphatic heterocycles. The van der Waals surface area contributed by atoms with Crippen molar-refractivity contribution in [3.05, 3.63) is 114 Å². The van der Waals surface area contributed by atoms with E-state index >= 15 is 0 Å². The first-order valence-electron chi connectivity index (χ1n) is 18.7. The maximum atomic E-state index is 14.3. The van der Waals surface area contributed by atoms with Crippen LogP contribution in [0.2, 0.25) is 0 Å². The quantitative estimate of drug-likeness (QED) is 0.0728. The Morgan fingerprint density at radius 1 is 0.690 bits per heavy atom. The number of fused-ring (bicyclic) bond motifs is 2. The zero-order valence-corrected chi connectivity index (χ0v) is 32.7. The van der Waals surface area contributed by atoms with Gasteiger partial charge in [-0.25, -0.2) is 4.79 Å². The van der Waals surface area contributed by atoms with Crippen molar-refractivity contribution in [3.63, 3.8) is 0 Å². The molecule has 0 saturated carbocycles. The number of rotatable bonds is 17. The number of carbonyl (C=O) groups excluding carboxylic acids is 5. The van der Waals surface area contributed by atoms with Crippen molar-refractivity contribution in [3.8, 4) is 5.75 Å². The molecule has 8 N–H and O–H groups in total. The maximum Gasteiger partial charge on any atom is 0.408 e. The van der Waals surface area contributed by atoms with E-state index in [1.807, 2.05) is 60.7 Å². The van der Waals surface area contributed by atoms with Crippen molar-refractivity contribution in [2.45, 2.75) is 76.2 Å². The van der Waals surface area contributed by atoms with Gasteiger partial charge < -0.3 is 46.6 Å². The molecular formula is C43H48N6O9. The highest BCUT2D eigenvalue weighted by atomic mass is 16.6. The number of nitrogens with two attached hydrogens (primary N) is 1. The number of ether oxygens (including phenoxy) is 2. The minimum absolute atomic E-state index is 0.00610. The number of amides is 5. The Morgan fingerprint density at radius 3 is 1.91 bits per heavy atom. The first kappa shape index (κ1) is 42.2. The third-order valence-corrected chi connectivity index (χ3v) is 9.26. The van der Waals surface area contributed by atoms with Crippen molar-refractivity contribution in [2.75, 3.05) is 7.11 Å². The van der Waals surface area contributed by atoms with Gasteiger partial charge in [0.25, 0.3) is 0 Å². The Hall–Kier alpha value is -6.90. The molecule has 5 aromatic rings. The van der Waals surface area contributed by atoms with Crippen molar-refractivity contribution < 1.29 is 43.3 Å². The molecule has 15 heteroatoms. The van der Waals surface area contributed by atoms with Gasteiger partial charge in [-0.15, -0.1) is 0 Å². The molecule has 0 radical (unpaired) electrons. The van der Waals surface area contributed by atoms with Gasteiger partial charge in [-0.1, -0.05) is 72.8 Å². The molecule has 304 valence electrons. The summed E-state index contributed by atoms with van der Waals surface area (Å²) in [7, 11) is 1.50. The molecule has 0 spiro atoms. The number of carboxylic acids is 1. The number of benzene rings is 4. The highest BCUT2D eigenvalue weighted by Crippen LogP contribution is 2.21. The number of alkyl carbamates (subject to hydrolysis) is 1. The van der Waals surface area contributed by atoms with E-state index in [-0.39, 0.29) is 19.3 Å². The monoisotopic (exact) mass is 792 g/mol. The number of aromatic amines is 1. The summed E-state index contributed by atoms with van der Waals surface area (Å²) in [4.78, 5) is 82.8. The molecule has 4 aromatic carbocycles. The average Bonchev–Trinajstić information content (AvgIpc) is 3.58. The summed E-state index contributed by atoms with van der Waals surface area (Å²) in [5, 5.41) is 22.7. The van der Waals surface area contributed by atoms with E-state index in [2.05, 4.69) is 26.3 Å². The van der Waals surface area contributed by atoms with Crippen LogP contribution in [0.4, 0.5) is 4.79 Å². The van der Waals surface area contributed by atoms with E-state index in [1.165, 1.54) is 7.11 Å². The Labute approximate surface area is 335 Å². The van der Waals surface area contributed by atoms with Gasteiger partial charge in [-0.3, -0.25) is 24.0 Å². The lowest BCUT2D eigenvalue weighted by Gasteiger charge is -2.27. The van der Waals surface area contributed by atoms with Crippen molar-refractivity contribution in [1.82, 2.24) is 26.3 Å². The van der Waals surface area contributed by atoms with Gasteiger partial charge in [0.1, 0.15) is 35.5 Å². The molecular weight excluding hydrogens is 745 g/mol. The third kappa shape index (κ3) is 11.8. The Morgan fingerprint density at radius 2 is 1.26 bits per heavy atom. The van der Waals surface area contributed by atoms with Crippen molar-refractivity contribution in [1.29, 1.82) is 0 Å². The number of carbonyl (C=O) groups is 6. The van der Waals surface area contributed by atoms with Crippen LogP contribution in [0.25, 0.3) is 21.7 Å². The zero-order chi connectivity index (χ0) is 42.0. The van der Waals surface area contributed by atoms with Crippen LogP contribution >= 0.6 is 0 Å². The summed E-state index contributed by atoms with van der Waals surface area (Å²) in [6, 6.07) is 21.6. The Kier molecular flexibility index (Phi) is 13.7. The number of aliphatic carboxylic acids is 1. The molecule has 5 rings (SSSR count). The molecule has 0 unspecified atom stereocenters. The largest absolute Gasteiger partial charge is 0.497 e. The summed E-state index contributed by atoms with van der Waals surface area (Å²) in [6.07, 6.45) is -0.0961. The van der Waals surface area contributed by atoms with Crippen LogP contribution < -0.4 is 31.7 Å². The lowest BCUT2D eigenvalue weighted by atomic mass is 9.99. The number of hydrogen-bond acceptors (Lipinski definition) is 8. The molecule has 15 nitrogen and oxygen atoms in total. The second-order valence-electron chi connectivity index (χ2n) is 14.9. The van der Waals surface area contributed by atoms with E-state index in [1.54, 1.807) is 57.3 Å². The van der Waals surface area contributed by atoms with Crippen LogP contribution in [0.15, 0.2) is 97.2 Å². The summed E-state index contributed by atoms with van der Waals surface area (Å²) in [6.45, 7) is 5.04. The van der Waals surface area contributed by atoms with Crippen LogP contribution in [0.1, 0.15) is 43.9 Å². The number of H-pyrrole nitrogens is 1. The van der Waals surface area contributed by atoms with Crippen LogP contribution in [-0.2, 0) is 48.0 Å². The summed E-state index contributed by atoms with van der Waals surface area (Å²) < 4.78 is 10.6. The number of carboxylic acid groups (broad SMARTS) is 1. The molecule has 5 amide bonds. The molecule has 1 aromatic heterocycles. The molecule has 58 heavy (non-hydrogen) atoms. The summed E-state index contributed by atoms with van der Waals surface area (Å²) in [5.74, 6) is -4.34. The van der Waals surface area contributed by atoms with E-state index in [4.69, 9.17) is 15.2 Å². The number of aromatic nitrogens is 1. The van der Waals surface area contributed by atoms with Gasteiger partial charge >= 0.3 is 12.1 Å². The van der Waals surface area contributed by atoms with Crippen molar-refractivity contribution in [2.24, 2.45) is 5.73 Å². The second-order valence-corrected chi connectivity index (χ2v) is 14.9. The molecule has 4 atom stereocenters. The minimum Gasteiger partial charge on any atom is -0.497 e. The van der Waals surface area contributed by atoms with Gasteiger partial charge in [-0.05, 0) is 66.4 Å². The van der Waals surface area contributed by atoms with Crippen LogP contribution in [0.3, 0.4) is 0 Å². The first-order chi connectivity index (χ1) is 27.6. The third-order valence-electron chi connectivity index (χ3n) is 9.26. The van der Waals surface area contributed by atoms with E-state index in [9.17, 15) is 33.9 Å². The van der Waals surface area contributed by atoms with Gasteiger partial charge in [-0.2, -0.15) is 0 Å². The number of para-hydroxylation sites is 1. The first-order valence-corrected chi connectivity index (χ1v) is 18.7. The summed E-state index contributed by atoms with van der Waals surface area (Å²) in [5.41, 5.74) is 7.53. The average molecular weight is 793 g/mol. The molecule has 0 bridgehead atoms. The smallest absolute Gasteiger partial charge is 0.408 e. The highest BCUT2D eigenvalue weighted by molar-refractivity contribution is 5.97. The predicted octanol–water partition coefficient (Wildman–Crippen LogP) is 3.67. The van der Waals surface area contributed by atoms with Crippen molar-refractivity contribution >= 4 is 57.4 Å². The SMILES string of the molecule is COc1ccc(C[C@H](NC(=O)[C@@H](CC(=O)O)NC(=O)[C@@H](Cc2ccc3ccccc3c2)NC(=O)[C@H](Cc2c[nH]c3ccccc23)NC(=O)OC(C)(C)C)C(N)=O)cc1. The zero-order valence-electron chi connectivity index (χ0n) is 32.7. The maximum absolute atomic E-state index is 14.3. The van der Waals surface area contributed by atoms with Gasteiger partial charge in [0, 0.05) is 36.4 Å². The van der Waals surface area contributed by atoms with E-state index in [0.29, 0.717) is 22.4 Å². The molecule has 0 aliphatic carbocycles. The Balaban J connectivity index is 1.43. The van der Waals surface area contributed by atoms with Crippen LogP contribution in [0.5, 0.6) is 5.75 Å². The van der Waals surface area contributed by atoms with E-state index in [0.717, 1.165) is 21.7 Å². The number of methoxy groups -OCH3 is 1. The highest BCUT2D eigenvalue weighted by Gasteiger charge is 2.33. The number of nitrogens with one attached hydrogen (secondary N) is 5. The topological polar surface area (TPSA) is 231 Å². The summed E-state index contributed by atoms with van der Waals surface area (Å²) >= 11 is 0. The normalized spacial score (nSPS) is 13.4. The van der Waals surface area contributed by atoms with E-state index < -0.39 is 71.9 Å². The number of hydrogen-bond donors (Lipinski definition) is 7. The van der Waals surface area contributed by atoms with Gasteiger partial charge in [0.2, 0.25) is 23.6 Å². The fourth-order valence-electron chi connectivity index (χ4n) is 6.41. The predicted molar refractivity (Wildman–Crippen MR) is 217 cm³/mol.